The summed E-state index contributed by atoms with van der Waals surface area (Å²) >= 11 is 0. The molecule has 0 aliphatic carbocycles. The van der Waals surface area contributed by atoms with Crippen LogP contribution in [0.5, 0.6) is 11.5 Å². The Morgan fingerprint density at radius 2 is 1.77 bits per heavy atom. The second-order valence-electron chi connectivity index (χ2n) is 7.36. The molecule has 3 heterocycles. The Morgan fingerprint density at radius 1 is 1.00 bits per heavy atom. The Balaban J connectivity index is 1.40. The number of aromatic nitrogens is 1. The Labute approximate surface area is 170 Å². The number of oxazole rings is 1. The Hall–Kier alpha value is -3.75. The number of carbonyl (C=O) groups excluding carboxylic acids is 2. The molecule has 2 aromatic carbocycles. The molecule has 0 saturated carbocycles. The van der Waals surface area contributed by atoms with E-state index < -0.39 is 23.2 Å². The van der Waals surface area contributed by atoms with E-state index in [0.29, 0.717) is 41.4 Å². The SMILES string of the molecule is CC1(c2ccc3c(c2)OCCO3)NC(=O)N(CCn2c(=O)oc3ccccc32)C1=O. The highest BCUT2D eigenvalue weighted by molar-refractivity contribution is 6.07. The van der Waals surface area contributed by atoms with Crippen LogP contribution in [0.15, 0.2) is 51.7 Å². The van der Waals surface area contributed by atoms with Crippen LogP contribution in [0.4, 0.5) is 4.79 Å². The molecule has 1 unspecified atom stereocenters. The van der Waals surface area contributed by atoms with E-state index in [1.807, 2.05) is 0 Å². The molecule has 0 bridgehead atoms. The van der Waals surface area contributed by atoms with Crippen molar-refractivity contribution >= 4 is 23.0 Å². The molecule has 1 saturated heterocycles. The molecule has 1 N–H and O–H groups in total. The number of hydrogen-bond acceptors (Lipinski definition) is 6. The second kappa shape index (κ2) is 6.65. The first-order chi connectivity index (χ1) is 14.5. The standard InChI is InChI=1S/C21H19N3O6/c1-21(13-6-7-16-17(12-13)29-11-10-28-16)18(25)24(19(26)22-21)9-8-23-14-4-2-3-5-15(14)30-20(23)27/h2-7,12H,8-11H2,1H3,(H,22,26). The summed E-state index contributed by atoms with van der Waals surface area (Å²) < 4.78 is 17.7. The van der Waals surface area contributed by atoms with Crippen LogP contribution in [-0.4, -0.2) is 41.2 Å². The first-order valence-electron chi connectivity index (χ1n) is 9.60. The van der Waals surface area contributed by atoms with Crippen molar-refractivity contribution < 1.29 is 23.5 Å². The quantitative estimate of drug-likeness (QED) is 0.660. The number of amides is 3. The molecule has 5 rings (SSSR count). The van der Waals surface area contributed by atoms with Gasteiger partial charge in [0, 0.05) is 13.1 Å². The summed E-state index contributed by atoms with van der Waals surface area (Å²) in [7, 11) is 0. The van der Waals surface area contributed by atoms with Gasteiger partial charge in [-0.1, -0.05) is 18.2 Å². The summed E-state index contributed by atoms with van der Waals surface area (Å²) in [6.07, 6.45) is 0. The van der Waals surface area contributed by atoms with Crippen molar-refractivity contribution in [2.75, 3.05) is 19.8 Å². The monoisotopic (exact) mass is 409 g/mol. The van der Waals surface area contributed by atoms with Crippen LogP contribution in [0.1, 0.15) is 12.5 Å². The molecule has 0 spiro atoms. The van der Waals surface area contributed by atoms with Crippen molar-refractivity contribution in [3.8, 4) is 11.5 Å². The van der Waals surface area contributed by atoms with Gasteiger partial charge in [0.15, 0.2) is 17.1 Å². The maximum Gasteiger partial charge on any atom is 0.420 e. The van der Waals surface area contributed by atoms with Gasteiger partial charge < -0.3 is 19.2 Å². The third-order valence-electron chi connectivity index (χ3n) is 5.52. The highest BCUT2D eigenvalue weighted by atomic mass is 16.6. The number of benzene rings is 2. The zero-order valence-corrected chi connectivity index (χ0v) is 16.2. The number of nitrogens with one attached hydrogen (secondary N) is 1. The van der Waals surface area contributed by atoms with Crippen molar-refractivity contribution in [3.63, 3.8) is 0 Å². The molecule has 1 aromatic heterocycles. The molecule has 9 nitrogen and oxygen atoms in total. The van der Waals surface area contributed by atoms with Gasteiger partial charge in [0.1, 0.15) is 18.8 Å². The normalized spacial score (nSPS) is 20.6. The summed E-state index contributed by atoms with van der Waals surface area (Å²) in [4.78, 5) is 39.0. The van der Waals surface area contributed by atoms with Crippen molar-refractivity contribution in [1.29, 1.82) is 0 Å². The number of imide groups is 1. The third-order valence-corrected chi connectivity index (χ3v) is 5.52. The zero-order valence-electron chi connectivity index (χ0n) is 16.2. The fourth-order valence-electron chi connectivity index (χ4n) is 3.88. The minimum Gasteiger partial charge on any atom is -0.486 e. The van der Waals surface area contributed by atoms with Crippen LogP contribution in [0.25, 0.3) is 11.1 Å². The van der Waals surface area contributed by atoms with Crippen molar-refractivity contribution in [3.05, 3.63) is 58.6 Å². The number of hydrogen-bond donors (Lipinski definition) is 1. The van der Waals surface area contributed by atoms with Gasteiger partial charge in [-0.2, -0.15) is 0 Å². The predicted molar refractivity (Wildman–Crippen MR) is 106 cm³/mol. The lowest BCUT2D eigenvalue weighted by molar-refractivity contribution is -0.131. The van der Waals surface area contributed by atoms with E-state index in [9.17, 15) is 14.4 Å². The van der Waals surface area contributed by atoms with Crippen LogP contribution in [-0.2, 0) is 16.9 Å². The average molecular weight is 409 g/mol. The first kappa shape index (κ1) is 18.3. The highest BCUT2D eigenvalue weighted by Gasteiger charge is 2.49. The number of nitrogens with zero attached hydrogens (tertiary/aromatic N) is 2. The second-order valence-corrected chi connectivity index (χ2v) is 7.36. The minimum absolute atomic E-state index is 0.0360. The van der Waals surface area contributed by atoms with Gasteiger partial charge in [0.2, 0.25) is 0 Å². The lowest BCUT2D eigenvalue weighted by atomic mass is 9.91. The number of fused-ring (bicyclic) bond motifs is 2. The molecule has 0 radical (unpaired) electrons. The maximum atomic E-state index is 13.2. The lowest BCUT2D eigenvalue weighted by Gasteiger charge is -2.25. The Kier molecular flexibility index (Phi) is 4.05. The van der Waals surface area contributed by atoms with Crippen LogP contribution in [0.3, 0.4) is 0 Å². The predicted octanol–water partition coefficient (Wildman–Crippen LogP) is 1.83. The van der Waals surface area contributed by atoms with Gasteiger partial charge in [-0.3, -0.25) is 14.3 Å². The molecule has 3 amide bonds. The summed E-state index contributed by atoms with van der Waals surface area (Å²) in [6, 6.07) is 11.7. The van der Waals surface area contributed by atoms with Crippen LogP contribution < -0.4 is 20.5 Å². The fourth-order valence-corrected chi connectivity index (χ4v) is 3.88. The van der Waals surface area contributed by atoms with E-state index in [4.69, 9.17) is 13.9 Å². The lowest BCUT2D eigenvalue weighted by Crippen LogP contribution is -2.41. The van der Waals surface area contributed by atoms with Gasteiger partial charge in [-0.25, -0.2) is 9.59 Å². The molecule has 2 aliphatic rings. The van der Waals surface area contributed by atoms with Crippen molar-refractivity contribution in [1.82, 2.24) is 14.8 Å². The molecular weight excluding hydrogens is 390 g/mol. The van der Waals surface area contributed by atoms with Crippen molar-refractivity contribution in [2.45, 2.75) is 19.0 Å². The number of carbonyl (C=O) groups is 2. The number of urea groups is 1. The van der Waals surface area contributed by atoms with E-state index in [-0.39, 0.29) is 13.1 Å². The Bertz CT molecular complexity index is 1230. The molecule has 154 valence electrons. The maximum absolute atomic E-state index is 13.2. The smallest absolute Gasteiger partial charge is 0.420 e. The fraction of sp³-hybridized carbons (Fsp3) is 0.286. The van der Waals surface area contributed by atoms with Crippen molar-refractivity contribution in [2.24, 2.45) is 0 Å². The number of rotatable bonds is 4. The summed E-state index contributed by atoms with van der Waals surface area (Å²) in [5.74, 6) is 0.216. The van der Waals surface area contributed by atoms with Gasteiger partial charge >= 0.3 is 11.8 Å². The van der Waals surface area contributed by atoms with Gasteiger partial charge in [-0.05, 0) is 36.8 Å². The molecule has 3 aromatic rings. The summed E-state index contributed by atoms with van der Waals surface area (Å²) in [6.45, 7) is 2.71. The van der Waals surface area contributed by atoms with Crippen LogP contribution in [0, 0.1) is 0 Å². The highest BCUT2D eigenvalue weighted by Crippen LogP contribution is 2.36. The largest absolute Gasteiger partial charge is 0.486 e. The molecule has 30 heavy (non-hydrogen) atoms. The van der Waals surface area contributed by atoms with Crippen LogP contribution in [0.2, 0.25) is 0 Å². The molecule has 1 fully saturated rings. The van der Waals surface area contributed by atoms with E-state index in [0.717, 1.165) is 4.90 Å². The molecule has 2 aliphatic heterocycles. The van der Waals surface area contributed by atoms with Gasteiger partial charge in [0.05, 0.1) is 5.52 Å². The first-order valence-corrected chi connectivity index (χ1v) is 9.60. The molecular formula is C21H19N3O6. The molecule has 1 atom stereocenters. The van der Waals surface area contributed by atoms with E-state index in [2.05, 4.69) is 5.32 Å². The summed E-state index contributed by atoms with van der Waals surface area (Å²) in [5.41, 5.74) is 0.430. The van der Waals surface area contributed by atoms with E-state index in [1.165, 1.54) is 4.57 Å². The third kappa shape index (κ3) is 2.73. The topological polar surface area (TPSA) is 103 Å². The Morgan fingerprint density at radius 3 is 2.60 bits per heavy atom. The van der Waals surface area contributed by atoms with Gasteiger partial charge in [0.25, 0.3) is 5.91 Å². The van der Waals surface area contributed by atoms with Crippen LogP contribution >= 0.6 is 0 Å². The van der Waals surface area contributed by atoms with E-state index in [1.54, 1.807) is 49.4 Å². The van der Waals surface area contributed by atoms with E-state index >= 15 is 0 Å². The minimum atomic E-state index is -1.24. The number of ether oxygens (including phenoxy) is 2. The zero-order chi connectivity index (χ0) is 20.9. The van der Waals surface area contributed by atoms with Gasteiger partial charge in [-0.15, -0.1) is 0 Å². The molecule has 9 heteroatoms. The summed E-state index contributed by atoms with van der Waals surface area (Å²) in [5, 5.41) is 2.77. The average Bonchev–Trinajstić information content (AvgIpc) is 3.19. The number of para-hydroxylation sites is 2.